The molecule has 25 heavy (non-hydrogen) atoms. The number of hydrogen-bond acceptors (Lipinski definition) is 3. The highest BCUT2D eigenvalue weighted by Crippen LogP contribution is 2.33. The minimum absolute atomic E-state index is 0.185. The fourth-order valence-electron chi connectivity index (χ4n) is 3.91. The summed E-state index contributed by atoms with van der Waals surface area (Å²) in [6, 6.07) is 8.94. The second kappa shape index (κ2) is 6.68. The molecule has 130 valence electrons. The molecule has 0 saturated carbocycles. The van der Waals surface area contributed by atoms with Gasteiger partial charge < -0.3 is 9.80 Å². The Balaban J connectivity index is 1.67. The Morgan fingerprint density at radius 1 is 1.20 bits per heavy atom. The molecule has 0 radical (unpaired) electrons. The number of aromatic nitrogens is 1. The first kappa shape index (κ1) is 16.4. The van der Waals surface area contributed by atoms with Crippen LogP contribution in [0.4, 0.5) is 11.4 Å². The van der Waals surface area contributed by atoms with Gasteiger partial charge in [0.1, 0.15) is 0 Å². The van der Waals surface area contributed by atoms with E-state index in [9.17, 15) is 4.79 Å². The molecule has 1 saturated heterocycles. The summed E-state index contributed by atoms with van der Waals surface area (Å²) in [6.45, 7) is 1.04. The van der Waals surface area contributed by atoms with Crippen molar-refractivity contribution in [1.29, 1.82) is 0 Å². The second-order valence-corrected chi connectivity index (χ2v) is 7.18. The zero-order valence-corrected chi connectivity index (χ0v) is 15.2. The van der Waals surface area contributed by atoms with Gasteiger partial charge >= 0.3 is 0 Å². The number of aryl methyl sites for hydroxylation is 1. The van der Waals surface area contributed by atoms with Crippen LogP contribution in [0, 0.1) is 0 Å². The fraction of sp³-hybridized carbons (Fsp3) is 0.400. The van der Waals surface area contributed by atoms with Crippen LogP contribution in [0.15, 0.2) is 36.7 Å². The SMILES string of the molecule is CN1C(=O)CCc2cc(-c3cncc(N4CCCC4CCl)c3)ccc21. The van der Waals surface area contributed by atoms with E-state index in [-0.39, 0.29) is 5.91 Å². The number of anilines is 2. The van der Waals surface area contributed by atoms with Crippen LogP contribution in [-0.4, -0.2) is 36.4 Å². The van der Waals surface area contributed by atoms with Gasteiger partial charge in [-0.05, 0) is 48.6 Å². The molecule has 3 heterocycles. The van der Waals surface area contributed by atoms with Crippen molar-refractivity contribution in [2.75, 3.05) is 29.3 Å². The Labute approximate surface area is 153 Å². The van der Waals surface area contributed by atoms with Gasteiger partial charge in [0.25, 0.3) is 0 Å². The summed E-state index contributed by atoms with van der Waals surface area (Å²) in [5.41, 5.74) is 5.65. The summed E-state index contributed by atoms with van der Waals surface area (Å²) in [6.07, 6.45) is 7.55. The molecule has 2 aliphatic rings. The second-order valence-electron chi connectivity index (χ2n) is 6.87. The molecular weight excluding hydrogens is 334 g/mol. The van der Waals surface area contributed by atoms with E-state index in [0.29, 0.717) is 18.3 Å². The van der Waals surface area contributed by atoms with Gasteiger partial charge in [-0.1, -0.05) is 6.07 Å². The van der Waals surface area contributed by atoms with Gasteiger partial charge in [0.15, 0.2) is 0 Å². The Bertz CT molecular complexity index is 807. The van der Waals surface area contributed by atoms with Gasteiger partial charge in [-0.15, -0.1) is 11.6 Å². The number of nitrogens with zero attached hydrogens (tertiary/aromatic N) is 3. The van der Waals surface area contributed by atoms with Crippen molar-refractivity contribution in [2.45, 2.75) is 31.7 Å². The zero-order chi connectivity index (χ0) is 17.4. The predicted octanol–water partition coefficient (Wildman–Crippen LogP) is 3.87. The average molecular weight is 356 g/mol. The lowest BCUT2D eigenvalue weighted by molar-refractivity contribution is -0.118. The maximum Gasteiger partial charge on any atom is 0.227 e. The molecule has 5 heteroatoms. The first-order chi connectivity index (χ1) is 12.2. The fourth-order valence-corrected chi connectivity index (χ4v) is 4.24. The van der Waals surface area contributed by atoms with Gasteiger partial charge in [-0.25, -0.2) is 0 Å². The maximum absolute atomic E-state index is 11.9. The summed E-state index contributed by atoms with van der Waals surface area (Å²) in [5, 5.41) is 0. The molecular formula is C20H22ClN3O. The number of carbonyl (C=O) groups excluding carboxylic acids is 1. The molecule has 4 nitrogen and oxygen atoms in total. The smallest absolute Gasteiger partial charge is 0.227 e. The molecule has 0 bridgehead atoms. The molecule has 2 aromatic rings. The Morgan fingerprint density at radius 3 is 2.92 bits per heavy atom. The van der Waals surface area contributed by atoms with Crippen molar-refractivity contribution >= 4 is 28.9 Å². The third-order valence-electron chi connectivity index (χ3n) is 5.37. The number of carbonyl (C=O) groups is 1. The molecule has 0 aliphatic carbocycles. The first-order valence-corrected chi connectivity index (χ1v) is 9.38. The highest BCUT2D eigenvalue weighted by molar-refractivity contribution is 6.18. The highest BCUT2D eigenvalue weighted by Gasteiger charge is 2.25. The molecule has 1 unspecified atom stereocenters. The molecule has 2 aliphatic heterocycles. The minimum Gasteiger partial charge on any atom is -0.366 e. The predicted molar refractivity (Wildman–Crippen MR) is 102 cm³/mol. The molecule has 0 N–H and O–H groups in total. The van der Waals surface area contributed by atoms with Crippen molar-refractivity contribution in [1.82, 2.24) is 4.98 Å². The monoisotopic (exact) mass is 355 g/mol. The first-order valence-electron chi connectivity index (χ1n) is 8.85. The Hall–Kier alpha value is -2.07. The quantitative estimate of drug-likeness (QED) is 0.784. The number of amides is 1. The number of hydrogen-bond donors (Lipinski definition) is 0. The molecule has 1 atom stereocenters. The lowest BCUT2D eigenvalue weighted by Gasteiger charge is -2.27. The van der Waals surface area contributed by atoms with E-state index in [1.54, 1.807) is 4.90 Å². The van der Waals surface area contributed by atoms with Crippen molar-refractivity contribution in [3.05, 3.63) is 42.2 Å². The summed E-state index contributed by atoms with van der Waals surface area (Å²) in [5.74, 6) is 0.841. The molecule has 1 amide bonds. The van der Waals surface area contributed by atoms with Gasteiger partial charge in [0.05, 0.1) is 11.9 Å². The van der Waals surface area contributed by atoms with Gasteiger partial charge in [0.2, 0.25) is 5.91 Å². The van der Waals surface area contributed by atoms with E-state index >= 15 is 0 Å². The van der Waals surface area contributed by atoms with Crippen molar-refractivity contribution in [2.24, 2.45) is 0 Å². The molecule has 0 spiro atoms. The molecule has 1 aromatic carbocycles. The van der Waals surface area contributed by atoms with Crippen LogP contribution in [0.2, 0.25) is 0 Å². The normalized spacial score (nSPS) is 20.1. The zero-order valence-electron chi connectivity index (χ0n) is 14.4. The number of pyridine rings is 1. The van der Waals surface area contributed by atoms with Gasteiger partial charge in [0, 0.05) is 49.4 Å². The van der Waals surface area contributed by atoms with Crippen LogP contribution in [0.3, 0.4) is 0 Å². The maximum atomic E-state index is 11.9. The average Bonchev–Trinajstić information content (AvgIpc) is 3.13. The van der Waals surface area contributed by atoms with E-state index in [4.69, 9.17) is 11.6 Å². The lowest BCUT2D eigenvalue weighted by Crippen LogP contribution is -2.31. The third kappa shape index (κ3) is 2.99. The van der Waals surface area contributed by atoms with Crippen LogP contribution in [0.1, 0.15) is 24.8 Å². The van der Waals surface area contributed by atoms with E-state index in [0.717, 1.165) is 41.9 Å². The number of rotatable bonds is 3. The summed E-state index contributed by atoms with van der Waals surface area (Å²) in [4.78, 5) is 20.5. The summed E-state index contributed by atoms with van der Waals surface area (Å²) < 4.78 is 0. The van der Waals surface area contributed by atoms with E-state index in [1.165, 1.54) is 12.0 Å². The van der Waals surface area contributed by atoms with Gasteiger partial charge in [-0.3, -0.25) is 9.78 Å². The van der Waals surface area contributed by atoms with E-state index < -0.39 is 0 Å². The topological polar surface area (TPSA) is 36.4 Å². The standard InChI is InChI=1S/C20H22ClN3O/c1-23-19-6-4-14(9-15(19)5-7-20(23)25)16-10-18(13-22-12-16)24-8-2-3-17(24)11-21/h4,6,9-10,12-13,17H,2-3,5,7-8,11H2,1H3. The van der Waals surface area contributed by atoms with E-state index in [1.807, 2.05) is 25.5 Å². The van der Waals surface area contributed by atoms with Gasteiger partial charge in [-0.2, -0.15) is 0 Å². The van der Waals surface area contributed by atoms with Crippen LogP contribution in [-0.2, 0) is 11.2 Å². The van der Waals surface area contributed by atoms with Crippen molar-refractivity contribution in [3.63, 3.8) is 0 Å². The van der Waals surface area contributed by atoms with Crippen molar-refractivity contribution in [3.8, 4) is 11.1 Å². The molecule has 1 fully saturated rings. The Morgan fingerprint density at radius 2 is 2.08 bits per heavy atom. The molecule has 4 rings (SSSR count). The van der Waals surface area contributed by atoms with Crippen molar-refractivity contribution < 1.29 is 4.79 Å². The third-order valence-corrected chi connectivity index (χ3v) is 5.72. The van der Waals surface area contributed by atoms with Crippen LogP contribution in [0.5, 0.6) is 0 Å². The van der Waals surface area contributed by atoms with Crippen LogP contribution in [0.25, 0.3) is 11.1 Å². The summed E-state index contributed by atoms with van der Waals surface area (Å²) >= 11 is 6.12. The number of benzene rings is 1. The largest absolute Gasteiger partial charge is 0.366 e. The highest BCUT2D eigenvalue weighted by atomic mass is 35.5. The Kier molecular flexibility index (Phi) is 4.38. The number of fused-ring (bicyclic) bond motifs is 1. The van der Waals surface area contributed by atoms with E-state index in [2.05, 4.69) is 28.1 Å². The van der Waals surface area contributed by atoms with Crippen LogP contribution < -0.4 is 9.80 Å². The lowest BCUT2D eigenvalue weighted by atomic mass is 9.96. The minimum atomic E-state index is 0.185. The number of alkyl halides is 1. The number of halogens is 1. The summed E-state index contributed by atoms with van der Waals surface area (Å²) in [7, 11) is 1.85. The molecule has 1 aromatic heterocycles. The van der Waals surface area contributed by atoms with Crippen LogP contribution >= 0.6 is 11.6 Å².